The molecule has 0 unspecified atom stereocenters. The van der Waals surface area contributed by atoms with Gasteiger partial charge in [0.1, 0.15) is 24.5 Å². The molecule has 3 heterocycles. The van der Waals surface area contributed by atoms with Gasteiger partial charge in [0.2, 0.25) is 5.91 Å². The van der Waals surface area contributed by atoms with Crippen molar-refractivity contribution < 1.29 is 14.3 Å². The van der Waals surface area contributed by atoms with Crippen LogP contribution in [0.25, 0.3) is 16.6 Å². The first-order chi connectivity index (χ1) is 15.6. The van der Waals surface area contributed by atoms with Gasteiger partial charge in [-0.1, -0.05) is 23.7 Å². The molecule has 0 aliphatic rings. The lowest BCUT2D eigenvalue weighted by molar-refractivity contribution is -0.124. The second-order valence-electron chi connectivity index (χ2n) is 7.16. The van der Waals surface area contributed by atoms with Crippen molar-refractivity contribution in [1.29, 1.82) is 0 Å². The number of rotatable bonds is 8. The van der Waals surface area contributed by atoms with E-state index in [-0.39, 0.29) is 25.7 Å². The Bertz CT molecular complexity index is 1240. The third kappa shape index (κ3) is 4.71. The number of amides is 1. The van der Waals surface area contributed by atoms with Gasteiger partial charge in [0.25, 0.3) is 0 Å². The van der Waals surface area contributed by atoms with Gasteiger partial charge in [0.05, 0.1) is 17.0 Å². The number of fused-ring (bicyclic) bond motifs is 1. The van der Waals surface area contributed by atoms with Crippen molar-refractivity contribution in [3.63, 3.8) is 0 Å². The molecular formula is C23H22ClN5O3. The van der Waals surface area contributed by atoms with Crippen molar-refractivity contribution in [2.24, 2.45) is 0 Å². The number of para-hydroxylation sites is 1. The number of pyridine rings is 2. The SMILES string of the molecule is COCC(=O)NCc1cncc(Cl)c1COc1cccc2c(-n3ccnc3)cc(C)nc12. The zero-order valence-corrected chi connectivity index (χ0v) is 18.5. The first kappa shape index (κ1) is 21.7. The van der Waals surface area contributed by atoms with E-state index in [2.05, 4.69) is 15.3 Å². The minimum absolute atomic E-state index is 0.0138. The van der Waals surface area contributed by atoms with Crippen molar-refractivity contribution >= 4 is 28.4 Å². The van der Waals surface area contributed by atoms with E-state index < -0.39 is 0 Å². The first-order valence-electron chi connectivity index (χ1n) is 9.95. The summed E-state index contributed by atoms with van der Waals surface area (Å²) in [7, 11) is 1.47. The summed E-state index contributed by atoms with van der Waals surface area (Å²) in [5.41, 5.74) is 4.10. The maximum atomic E-state index is 11.8. The van der Waals surface area contributed by atoms with Gasteiger partial charge in [-0.15, -0.1) is 0 Å². The average Bonchev–Trinajstić information content (AvgIpc) is 3.31. The van der Waals surface area contributed by atoms with Crippen LogP contribution in [0.4, 0.5) is 0 Å². The number of aryl methyl sites for hydroxylation is 1. The average molecular weight is 452 g/mol. The van der Waals surface area contributed by atoms with Crippen LogP contribution in [-0.4, -0.2) is 39.1 Å². The molecular weight excluding hydrogens is 430 g/mol. The van der Waals surface area contributed by atoms with Crippen molar-refractivity contribution in [3.8, 4) is 11.4 Å². The van der Waals surface area contributed by atoms with Gasteiger partial charge in [-0.3, -0.25) is 9.78 Å². The Labute approximate surface area is 190 Å². The Kier molecular flexibility index (Phi) is 6.63. The predicted molar refractivity (Wildman–Crippen MR) is 121 cm³/mol. The summed E-state index contributed by atoms with van der Waals surface area (Å²) >= 11 is 6.40. The van der Waals surface area contributed by atoms with Crippen molar-refractivity contribution in [1.82, 2.24) is 24.8 Å². The van der Waals surface area contributed by atoms with Gasteiger partial charge in [0.15, 0.2) is 0 Å². The van der Waals surface area contributed by atoms with Crippen molar-refractivity contribution in [3.05, 3.63) is 77.2 Å². The zero-order chi connectivity index (χ0) is 22.5. The van der Waals surface area contributed by atoms with Crippen LogP contribution >= 0.6 is 11.6 Å². The molecule has 1 aromatic carbocycles. The lowest BCUT2D eigenvalue weighted by atomic mass is 10.1. The summed E-state index contributed by atoms with van der Waals surface area (Å²) in [6.45, 7) is 2.40. The number of methoxy groups -OCH3 is 1. The lowest BCUT2D eigenvalue weighted by Crippen LogP contribution is -2.27. The number of aromatic nitrogens is 4. The maximum Gasteiger partial charge on any atom is 0.246 e. The highest BCUT2D eigenvalue weighted by Gasteiger charge is 2.14. The molecule has 4 aromatic rings. The summed E-state index contributed by atoms with van der Waals surface area (Å²) in [6, 6.07) is 7.81. The first-order valence-corrected chi connectivity index (χ1v) is 10.3. The molecule has 0 saturated heterocycles. The van der Waals surface area contributed by atoms with Gasteiger partial charge in [-0.25, -0.2) is 9.97 Å². The summed E-state index contributed by atoms with van der Waals surface area (Å²) < 4.78 is 13.0. The smallest absolute Gasteiger partial charge is 0.246 e. The maximum absolute atomic E-state index is 11.8. The number of hydrogen-bond donors (Lipinski definition) is 1. The van der Waals surface area contributed by atoms with Gasteiger partial charge in [0, 0.05) is 55.1 Å². The van der Waals surface area contributed by atoms with Crippen LogP contribution < -0.4 is 10.1 Å². The molecule has 0 bridgehead atoms. The van der Waals surface area contributed by atoms with Crippen molar-refractivity contribution in [2.45, 2.75) is 20.1 Å². The summed E-state index contributed by atoms with van der Waals surface area (Å²) in [5.74, 6) is 0.412. The molecule has 8 nitrogen and oxygen atoms in total. The Morgan fingerprint density at radius 3 is 2.91 bits per heavy atom. The molecule has 164 valence electrons. The molecule has 0 spiro atoms. The number of carbonyl (C=O) groups is 1. The highest BCUT2D eigenvalue weighted by atomic mass is 35.5. The van der Waals surface area contributed by atoms with Crippen LogP contribution in [0.2, 0.25) is 5.02 Å². The number of nitrogens with zero attached hydrogens (tertiary/aromatic N) is 4. The number of nitrogens with one attached hydrogen (secondary N) is 1. The number of hydrogen-bond acceptors (Lipinski definition) is 6. The van der Waals surface area contributed by atoms with E-state index >= 15 is 0 Å². The predicted octanol–water partition coefficient (Wildman–Crippen LogP) is 3.62. The molecule has 1 N–H and O–H groups in total. The fourth-order valence-electron chi connectivity index (χ4n) is 3.40. The van der Waals surface area contributed by atoms with Crippen LogP contribution in [-0.2, 0) is 22.7 Å². The fraction of sp³-hybridized carbons (Fsp3) is 0.217. The molecule has 0 aliphatic heterocycles. The van der Waals surface area contributed by atoms with E-state index in [1.165, 1.54) is 7.11 Å². The van der Waals surface area contributed by atoms with Gasteiger partial charge >= 0.3 is 0 Å². The number of imidazole rings is 1. The standard InChI is InChI=1S/C23H22ClN5O3/c1-15-8-20(29-7-6-25-14-29)17-4-3-5-21(23(17)28-15)32-12-18-16(9-26-11-19(18)24)10-27-22(30)13-31-2/h3-9,11,14H,10,12-13H2,1-2H3,(H,27,30). The zero-order valence-electron chi connectivity index (χ0n) is 17.7. The normalized spacial score (nSPS) is 11.0. The molecule has 3 aromatic heterocycles. The van der Waals surface area contributed by atoms with Crippen LogP contribution in [0, 0.1) is 6.92 Å². The minimum atomic E-state index is -0.222. The monoisotopic (exact) mass is 451 g/mol. The molecule has 0 radical (unpaired) electrons. The number of halogens is 1. The van der Waals surface area contributed by atoms with E-state index in [9.17, 15) is 4.79 Å². The van der Waals surface area contributed by atoms with Crippen LogP contribution in [0.15, 0.2) is 55.4 Å². The summed E-state index contributed by atoms with van der Waals surface area (Å²) in [6.07, 6.45) is 8.61. The molecule has 0 atom stereocenters. The van der Waals surface area contributed by atoms with E-state index in [0.29, 0.717) is 10.8 Å². The highest BCUT2D eigenvalue weighted by Crippen LogP contribution is 2.30. The minimum Gasteiger partial charge on any atom is -0.487 e. The lowest BCUT2D eigenvalue weighted by Gasteiger charge is -2.15. The topological polar surface area (TPSA) is 91.2 Å². The largest absolute Gasteiger partial charge is 0.487 e. The highest BCUT2D eigenvalue weighted by molar-refractivity contribution is 6.31. The van der Waals surface area contributed by atoms with Crippen molar-refractivity contribution in [2.75, 3.05) is 13.7 Å². The summed E-state index contributed by atoms with van der Waals surface area (Å²) in [4.78, 5) is 24.8. The van der Waals surface area contributed by atoms with Crippen LogP contribution in [0.1, 0.15) is 16.8 Å². The molecule has 32 heavy (non-hydrogen) atoms. The van der Waals surface area contributed by atoms with E-state index in [1.54, 1.807) is 24.9 Å². The second-order valence-corrected chi connectivity index (χ2v) is 7.57. The van der Waals surface area contributed by atoms with E-state index in [0.717, 1.165) is 33.4 Å². The summed E-state index contributed by atoms with van der Waals surface area (Å²) in [5, 5.41) is 4.19. The van der Waals surface area contributed by atoms with Gasteiger partial charge in [-0.05, 0) is 24.6 Å². The third-order valence-electron chi connectivity index (χ3n) is 4.91. The van der Waals surface area contributed by atoms with Gasteiger partial charge in [-0.2, -0.15) is 0 Å². The molecule has 4 rings (SSSR count). The number of ether oxygens (including phenoxy) is 2. The Balaban J connectivity index is 1.62. The molecule has 0 saturated carbocycles. The van der Waals surface area contributed by atoms with Crippen LogP contribution in [0.3, 0.4) is 0 Å². The quantitative estimate of drug-likeness (QED) is 0.440. The number of benzene rings is 1. The van der Waals surface area contributed by atoms with E-state index in [1.807, 2.05) is 42.0 Å². The molecule has 0 fully saturated rings. The Hall–Kier alpha value is -3.49. The third-order valence-corrected chi connectivity index (χ3v) is 5.23. The van der Waals surface area contributed by atoms with Crippen LogP contribution in [0.5, 0.6) is 5.75 Å². The molecule has 9 heteroatoms. The Morgan fingerprint density at radius 2 is 2.12 bits per heavy atom. The van der Waals surface area contributed by atoms with E-state index in [4.69, 9.17) is 26.1 Å². The molecule has 0 aliphatic carbocycles. The fourth-order valence-corrected chi connectivity index (χ4v) is 3.63. The molecule has 1 amide bonds. The second kappa shape index (κ2) is 9.76. The number of carbonyl (C=O) groups excluding carboxylic acids is 1. The Morgan fingerprint density at radius 1 is 1.25 bits per heavy atom. The van der Waals surface area contributed by atoms with Gasteiger partial charge < -0.3 is 19.4 Å².